The second kappa shape index (κ2) is 8.02. The summed E-state index contributed by atoms with van der Waals surface area (Å²) in [5, 5.41) is 4.75. The highest BCUT2D eigenvalue weighted by Gasteiger charge is 2.15. The van der Waals surface area contributed by atoms with E-state index in [9.17, 15) is 0 Å². The largest absolute Gasteiger partial charge is 0.487 e. The third-order valence-corrected chi connectivity index (χ3v) is 4.95. The summed E-state index contributed by atoms with van der Waals surface area (Å²) in [6.07, 6.45) is 0.617. The van der Waals surface area contributed by atoms with Crippen molar-refractivity contribution in [3.05, 3.63) is 84.3 Å². The predicted octanol–water partition coefficient (Wildman–Crippen LogP) is 3.61. The molecule has 0 spiro atoms. The first-order chi connectivity index (χ1) is 15.2. The smallest absolute Gasteiger partial charge is 0.162 e. The molecule has 156 valence electrons. The summed E-state index contributed by atoms with van der Waals surface area (Å²) in [7, 11) is 0. The zero-order valence-electron chi connectivity index (χ0n) is 17.0. The monoisotopic (exact) mass is 414 g/mol. The number of nitrogens with two attached hydrogens (primary N) is 1. The van der Waals surface area contributed by atoms with Crippen LogP contribution in [0.5, 0.6) is 17.2 Å². The first-order valence-electron chi connectivity index (χ1n) is 10.1. The minimum Gasteiger partial charge on any atom is -0.487 e. The van der Waals surface area contributed by atoms with Crippen LogP contribution >= 0.6 is 0 Å². The highest BCUT2D eigenvalue weighted by Crippen LogP contribution is 2.34. The summed E-state index contributed by atoms with van der Waals surface area (Å²) in [5.74, 6) is 3.01. The Morgan fingerprint density at radius 3 is 2.65 bits per heavy atom. The molecule has 4 aromatic rings. The number of rotatable bonds is 6. The van der Waals surface area contributed by atoms with Gasteiger partial charge in [0.15, 0.2) is 23.0 Å². The fraction of sp³-hybridized carbons (Fsp3) is 0.167. The molecule has 5 rings (SSSR count). The van der Waals surface area contributed by atoms with E-state index in [0.717, 1.165) is 45.5 Å². The summed E-state index contributed by atoms with van der Waals surface area (Å²) < 4.78 is 18.8. The van der Waals surface area contributed by atoms with Gasteiger partial charge in [-0.15, -0.1) is 0 Å². The van der Waals surface area contributed by atoms with Crippen molar-refractivity contribution in [3.63, 3.8) is 0 Å². The van der Waals surface area contributed by atoms with Crippen molar-refractivity contribution in [1.82, 2.24) is 14.6 Å². The average Bonchev–Trinajstić information content (AvgIpc) is 3.20. The molecule has 1 aliphatic rings. The maximum atomic E-state index is 5.73. The van der Waals surface area contributed by atoms with Gasteiger partial charge in [0.2, 0.25) is 0 Å². The first-order valence-corrected chi connectivity index (χ1v) is 10.1. The van der Waals surface area contributed by atoms with Gasteiger partial charge < -0.3 is 19.9 Å². The number of benzene rings is 2. The number of aromatic nitrogens is 3. The van der Waals surface area contributed by atoms with E-state index in [1.54, 1.807) is 0 Å². The molecule has 31 heavy (non-hydrogen) atoms. The molecule has 2 aromatic heterocycles. The number of nitrogens with zero attached hydrogens (tertiary/aromatic N) is 3. The number of pyridine rings is 1. The highest BCUT2D eigenvalue weighted by molar-refractivity contribution is 5.66. The van der Waals surface area contributed by atoms with Crippen molar-refractivity contribution in [2.45, 2.75) is 6.42 Å². The third kappa shape index (κ3) is 4.02. The van der Waals surface area contributed by atoms with Gasteiger partial charge in [0.25, 0.3) is 0 Å². The molecule has 0 radical (unpaired) electrons. The summed E-state index contributed by atoms with van der Waals surface area (Å²) >= 11 is 0. The lowest BCUT2D eigenvalue weighted by Crippen LogP contribution is -2.15. The molecular formula is C24H22N4O3. The van der Waals surface area contributed by atoms with E-state index in [0.29, 0.717) is 31.9 Å². The summed E-state index contributed by atoms with van der Waals surface area (Å²) in [4.78, 5) is 4.70. The van der Waals surface area contributed by atoms with Gasteiger partial charge in [-0.25, -0.2) is 9.50 Å². The van der Waals surface area contributed by atoms with Crippen LogP contribution in [0.15, 0.2) is 72.9 Å². The van der Waals surface area contributed by atoms with Crippen molar-refractivity contribution in [2.24, 2.45) is 5.73 Å². The Morgan fingerprint density at radius 2 is 1.84 bits per heavy atom. The van der Waals surface area contributed by atoms with Crippen LogP contribution in [0.2, 0.25) is 0 Å². The van der Waals surface area contributed by atoms with Crippen molar-refractivity contribution in [1.29, 1.82) is 0 Å². The van der Waals surface area contributed by atoms with Gasteiger partial charge in [0, 0.05) is 17.7 Å². The fourth-order valence-corrected chi connectivity index (χ4v) is 3.51. The van der Waals surface area contributed by atoms with E-state index >= 15 is 0 Å². The van der Waals surface area contributed by atoms with E-state index in [1.807, 2.05) is 65.2 Å². The van der Waals surface area contributed by atoms with Crippen LogP contribution in [0.4, 0.5) is 0 Å². The number of hydrogen-bond acceptors (Lipinski definition) is 6. The number of hydrogen-bond donors (Lipinski definition) is 1. The Morgan fingerprint density at radius 1 is 1.03 bits per heavy atom. The molecule has 0 amide bonds. The molecule has 0 aliphatic carbocycles. The summed E-state index contributed by atoms with van der Waals surface area (Å²) in [6, 6.07) is 19.7. The molecule has 0 fully saturated rings. The maximum Gasteiger partial charge on any atom is 0.162 e. The molecule has 2 aromatic carbocycles. The Hall–Kier alpha value is -4.00. The molecule has 0 unspecified atom stereocenters. The minimum absolute atomic E-state index is 0.302. The molecule has 1 aliphatic heterocycles. The van der Waals surface area contributed by atoms with Crippen LogP contribution in [0.25, 0.3) is 16.9 Å². The van der Waals surface area contributed by atoms with Crippen LogP contribution in [0.3, 0.4) is 0 Å². The zero-order chi connectivity index (χ0) is 21.2. The van der Waals surface area contributed by atoms with Gasteiger partial charge in [-0.05, 0) is 48.0 Å². The van der Waals surface area contributed by atoms with Crippen LogP contribution in [0.1, 0.15) is 11.4 Å². The summed E-state index contributed by atoms with van der Waals surface area (Å²) in [5.41, 5.74) is 9.86. The predicted molar refractivity (Wildman–Crippen MR) is 117 cm³/mol. The Labute approximate surface area is 179 Å². The Balaban J connectivity index is 1.40. The number of ether oxygens (including phenoxy) is 3. The van der Waals surface area contributed by atoms with Crippen LogP contribution in [-0.4, -0.2) is 34.4 Å². The van der Waals surface area contributed by atoms with Gasteiger partial charge in [-0.1, -0.05) is 24.8 Å². The molecule has 7 nitrogen and oxygen atoms in total. The third-order valence-electron chi connectivity index (χ3n) is 4.95. The molecule has 0 bridgehead atoms. The molecule has 7 heteroatoms. The zero-order valence-corrected chi connectivity index (χ0v) is 17.0. The molecule has 0 saturated carbocycles. The van der Waals surface area contributed by atoms with E-state index in [2.05, 4.69) is 6.58 Å². The standard InChI is InChI=1S/C24H22N4O3/c1-16(25)15-31-19-8-5-17(6-9-19)13-23-26-24-4-2-3-20(28(24)27-23)18-7-10-21-22(14-18)30-12-11-29-21/h2-10,14H,1,11-13,15,25H2. The van der Waals surface area contributed by atoms with Gasteiger partial charge in [0.05, 0.1) is 5.69 Å². The maximum absolute atomic E-state index is 5.73. The van der Waals surface area contributed by atoms with E-state index < -0.39 is 0 Å². The lowest BCUT2D eigenvalue weighted by molar-refractivity contribution is 0.171. The second-order valence-electron chi connectivity index (χ2n) is 7.34. The topological polar surface area (TPSA) is 83.9 Å². The van der Waals surface area contributed by atoms with Gasteiger partial charge in [0.1, 0.15) is 25.6 Å². The molecule has 2 N–H and O–H groups in total. The van der Waals surface area contributed by atoms with Crippen molar-refractivity contribution >= 4 is 5.65 Å². The van der Waals surface area contributed by atoms with Gasteiger partial charge in [-0.2, -0.15) is 5.10 Å². The highest BCUT2D eigenvalue weighted by atomic mass is 16.6. The van der Waals surface area contributed by atoms with Crippen molar-refractivity contribution < 1.29 is 14.2 Å². The first kappa shape index (κ1) is 19.0. The molecule has 0 atom stereocenters. The number of fused-ring (bicyclic) bond motifs is 2. The minimum atomic E-state index is 0.302. The lowest BCUT2D eigenvalue weighted by atomic mass is 10.1. The van der Waals surface area contributed by atoms with Gasteiger partial charge >= 0.3 is 0 Å². The van der Waals surface area contributed by atoms with Crippen LogP contribution < -0.4 is 19.9 Å². The molecule has 0 saturated heterocycles. The summed E-state index contributed by atoms with van der Waals surface area (Å²) in [6.45, 7) is 5.06. The Kier molecular flexibility index (Phi) is 4.92. The molecule has 3 heterocycles. The van der Waals surface area contributed by atoms with Gasteiger partial charge in [-0.3, -0.25) is 0 Å². The van der Waals surface area contributed by atoms with E-state index in [-0.39, 0.29) is 0 Å². The quantitative estimate of drug-likeness (QED) is 0.519. The van der Waals surface area contributed by atoms with Crippen LogP contribution in [-0.2, 0) is 6.42 Å². The van der Waals surface area contributed by atoms with Crippen molar-refractivity contribution in [3.8, 4) is 28.5 Å². The fourth-order valence-electron chi connectivity index (χ4n) is 3.51. The second-order valence-corrected chi connectivity index (χ2v) is 7.34. The molecular weight excluding hydrogens is 392 g/mol. The van der Waals surface area contributed by atoms with E-state index in [4.69, 9.17) is 30.0 Å². The van der Waals surface area contributed by atoms with Crippen molar-refractivity contribution in [2.75, 3.05) is 19.8 Å². The normalized spacial score (nSPS) is 12.6. The average molecular weight is 414 g/mol. The van der Waals surface area contributed by atoms with Crippen LogP contribution in [0, 0.1) is 0 Å². The lowest BCUT2D eigenvalue weighted by Gasteiger charge is -2.19. The SMILES string of the molecule is C=C(N)COc1ccc(Cc2nc3cccc(-c4ccc5c(c4)OCCO5)n3n2)cc1. The van der Waals surface area contributed by atoms with E-state index in [1.165, 1.54) is 0 Å². The Bertz CT molecular complexity index is 1250.